The largest absolute Gasteiger partial charge is 0.745 e. The van der Waals surface area contributed by atoms with Gasteiger partial charge in [0.15, 0.2) is 4.31 Å². The molecular formula is C6H10N2O5P2+2. The lowest BCUT2D eigenvalue weighted by atomic mass is 10.4. The van der Waals surface area contributed by atoms with Gasteiger partial charge in [-0.15, -0.1) is 9.79 Å². The fourth-order valence-corrected chi connectivity index (χ4v) is 1.06. The molecule has 4 N–H and O–H groups in total. The predicted molar refractivity (Wildman–Crippen MR) is 52.9 cm³/mol. The number of nitrogens with zero attached hydrogens (tertiary/aromatic N) is 1. The van der Waals surface area contributed by atoms with Crippen LogP contribution in [-0.4, -0.2) is 14.8 Å². The van der Waals surface area contributed by atoms with E-state index in [2.05, 4.69) is 9.29 Å². The van der Waals surface area contributed by atoms with Crippen LogP contribution in [0.1, 0.15) is 5.69 Å². The first kappa shape index (κ1) is 14.2. The maximum Gasteiger partial charge on any atom is 0.745 e. The molecule has 1 rings (SSSR count). The Bertz CT molecular complexity index is 309. The van der Waals surface area contributed by atoms with Crippen molar-refractivity contribution in [2.45, 2.75) is 6.54 Å². The van der Waals surface area contributed by atoms with Crippen molar-refractivity contribution in [3.8, 4) is 0 Å². The first-order chi connectivity index (χ1) is 7.06. The van der Waals surface area contributed by atoms with Crippen molar-refractivity contribution in [1.82, 2.24) is 4.98 Å². The van der Waals surface area contributed by atoms with Crippen LogP contribution in [0.25, 0.3) is 0 Å². The second-order valence-electron chi connectivity index (χ2n) is 2.08. The normalized spacial score (nSPS) is 11.1. The number of rotatable bonds is 3. The Kier molecular flexibility index (Phi) is 8.04. The lowest BCUT2D eigenvalue weighted by Gasteiger charge is -1.89. The van der Waals surface area contributed by atoms with E-state index in [0.717, 1.165) is 5.69 Å². The summed E-state index contributed by atoms with van der Waals surface area (Å²) in [6, 6.07) is 5.70. The van der Waals surface area contributed by atoms with Gasteiger partial charge in [-0.25, -0.2) is 0 Å². The van der Waals surface area contributed by atoms with E-state index in [4.69, 9.17) is 15.5 Å². The van der Waals surface area contributed by atoms with E-state index in [-0.39, 0.29) is 0 Å². The number of hydrogen-bond acceptors (Lipinski definition) is 5. The Morgan fingerprint density at radius 2 is 1.93 bits per heavy atom. The summed E-state index contributed by atoms with van der Waals surface area (Å²) in [4.78, 5) is 19.3. The minimum Gasteiger partial charge on any atom is -0.325 e. The highest BCUT2D eigenvalue weighted by Gasteiger charge is 2.31. The van der Waals surface area contributed by atoms with E-state index in [0.29, 0.717) is 6.54 Å². The molecule has 0 fully saturated rings. The summed E-state index contributed by atoms with van der Waals surface area (Å²) in [5.41, 5.74) is 6.22. The molecule has 2 unspecified atom stereocenters. The van der Waals surface area contributed by atoms with Crippen molar-refractivity contribution < 1.29 is 23.2 Å². The number of hydrogen-bond donors (Lipinski definition) is 3. The highest BCUT2D eigenvalue weighted by molar-refractivity contribution is 7.46. The lowest BCUT2D eigenvalue weighted by molar-refractivity contribution is 0.371. The van der Waals surface area contributed by atoms with Crippen molar-refractivity contribution in [1.29, 1.82) is 0 Å². The van der Waals surface area contributed by atoms with Crippen molar-refractivity contribution in [2.75, 3.05) is 0 Å². The van der Waals surface area contributed by atoms with Crippen LogP contribution in [-0.2, 0) is 20.0 Å². The molecule has 0 saturated heterocycles. The van der Waals surface area contributed by atoms with E-state index in [1.54, 1.807) is 6.20 Å². The van der Waals surface area contributed by atoms with E-state index in [1.807, 2.05) is 18.2 Å². The minimum atomic E-state index is -2.92. The Labute approximate surface area is 87.8 Å². The van der Waals surface area contributed by atoms with Gasteiger partial charge in [0.2, 0.25) is 0 Å². The molecule has 0 aliphatic heterocycles. The molecule has 0 aliphatic rings. The van der Waals surface area contributed by atoms with Crippen LogP contribution in [0, 0.1) is 0 Å². The third-order valence-corrected chi connectivity index (χ3v) is 2.19. The summed E-state index contributed by atoms with van der Waals surface area (Å²) in [7, 11) is -5.85. The Balaban J connectivity index is 0.000000265. The molecule has 0 bridgehead atoms. The molecule has 0 aromatic carbocycles. The van der Waals surface area contributed by atoms with Crippen LogP contribution in [0.3, 0.4) is 0 Å². The molecular weight excluding hydrogens is 242 g/mol. The van der Waals surface area contributed by atoms with Gasteiger partial charge < -0.3 is 5.73 Å². The van der Waals surface area contributed by atoms with Gasteiger partial charge in [-0.3, -0.25) is 4.98 Å². The molecule has 0 radical (unpaired) electrons. The lowest BCUT2D eigenvalue weighted by Crippen LogP contribution is -1.97. The molecule has 1 heterocycles. The molecule has 0 amide bonds. The molecule has 0 spiro atoms. The third-order valence-electron chi connectivity index (χ3n) is 1.07. The van der Waals surface area contributed by atoms with Gasteiger partial charge in [-0.2, -0.15) is 0 Å². The quantitative estimate of drug-likeness (QED) is 0.681. The second kappa shape index (κ2) is 8.49. The van der Waals surface area contributed by atoms with E-state index in [1.165, 1.54) is 0 Å². The molecule has 0 saturated carbocycles. The van der Waals surface area contributed by atoms with Gasteiger partial charge in [-0.05, 0) is 12.1 Å². The van der Waals surface area contributed by atoms with Gasteiger partial charge in [0.05, 0.1) is 5.69 Å². The smallest absolute Gasteiger partial charge is 0.325 e. The summed E-state index contributed by atoms with van der Waals surface area (Å²) in [6.45, 7) is 0.529. The predicted octanol–water partition coefficient (Wildman–Crippen LogP) is 0.843. The van der Waals surface area contributed by atoms with Gasteiger partial charge in [0.25, 0.3) is 0 Å². The van der Waals surface area contributed by atoms with Gasteiger partial charge in [0.1, 0.15) is 0 Å². The summed E-state index contributed by atoms with van der Waals surface area (Å²) in [5.74, 6) is 0. The number of pyridine rings is 1. The average Bonchev–Trinajstić information content (AvgIpc) is 2.18. The molecule has 82 valence electrons. The summed E-state index contributed by atoms with van der Waals surface area (Å²) in [5, 5.41) is 0. The van der Waals surface area contributed by atoms with Crippen LogP contribution < -0.4 is 5.73 Å². The standard InChI is InChI=1S/C6H8N2.O5P2/c7-5-6-3-1-2-4-8-6;1-6(2)5-7(3)4/h1-4H,5,7H2;/p+2. The highest BCUT2D eigenvalue weighted by Crippen LogP contribution is 2.30. The number of aromatic nitrogens is 1. The first-order valence-electron chi connectivity index (χ1n) is 3.66. The maximum atomic E-state index is 9.39. The SMILES string of the molecule is NCc1ccccn1.O=[P+](O)O[P+](=O)O. The molecule has 2 atom stereocenters. The van der Waals surface area contributed by atoms with Crippen LogP contribution in [0.2, 0.25) is 0 Å². The fraction of sp³-hybridized carbons (Fsp3) is 0.167. The fourth-order valence-electron chi connectivity index (χ4n) is 0.579. The average molecular weight is 252 g/mol. The zero-order valence-corrected chi connectivity index (χ0v) is 9.34. The second-order valence-corrected chi connectivity index (χ2v) is 3.69. The molecule has 1 aromatic heterocycles. The zero-order valence-electron chi connectivity index (χ0n) is 7.55. The van der Waals surface area contributed by atoms with Gasteiger partial charge >= 0.3 is 16.5 Å². The van der Waals surface area contributed by atoms with Crippen LogP contribution in [0.15, 0.2) is 24.4 Å². The van der Waals surface area contributed by atoms with Crippen LogP contribution >= 0.6 is 16.5 Å². The van der Waals surface area contributed by atoms with Crippen LogP contribution in [0.4, 0.5) is 0 Å². The van der Waals surface area contributed by atoms with E-state index in [9.17, 15) is 9.13 Å². The van der Waals surface area contributed by atoms with Crippen molar-refractivity contribution >= 4 is 16.5 Å². The zero-order chi connectivity index (χ0) is 11.7. The molecule has 0 aliphatic carbocycles. The topological polar surface area (TPSA) is 123 Å². The Morgan fingerprint density at radius 1 is 1.33 bits per heavy atom. The van der Waals surface area contributed by atoms with E-state index >= 15 is 0 Å². The van der Waals surface area contributed by atoms with E-state index < -0.39 is 16.5 Å². The molecule has 7 nitrogen and oxygen atoms in total. The highest BCUT2D eigenvalue weighted by atomic mass is 31.2. The van der Waals surface area contributed by atoms with Crippen LogP contribution in [0.5, 0.6) is 0 Å². The molecule has 1 aromatic rings. The van der Waals surface area contributed by atoms with Gasteiger partial charge in [-0.1, -0.05) is 6.07 Å². The van der Waals surface area contributed by atoms with Crippen molar-refractivity contribution in [3.63, 3.8) is 0 Å². The van der Waals surface area contributed by atoms with Crippen molar-refractivity contribution in [3.05, 3.63) is 30.1 Å². The summed E-state index contributed by atoms with van der Waals surface area (Å²) < 4.78 is 22.2. The Hall–Kier alpha value is -0.810. The third kappa shape index (κ3) is 9.49. The van der Waals surface area contributed by atoms with Gasteiger partial charge in [0, 0.05) is 21.9 Å². The summed E-state index contributed by atoms with van der Waals surface area (Å²) >= 11 is 0. The minimum absolute atomic E-state index is 0.529. The van der Waals surface area contributed by atoms with Crippen molar-refractivity contribution in [2.24, 2.45) is 5.73 Å². The number of nitrogens with two attached hydrogens (primary N) is 1. The molecule has 9 heteroatoms. The maximum absolute atomic E-state index is 9.39. The Morgan fingerprint density at radius 3 is 2.13 bits per heavy atom. The summed E-state index contributed by atoms with van der Waals surface area (Å²) in [6.07, 6.45) is 1.74. The monoisotopic (exact) mass is 252 g/mol. The molecule has 15 heavy (non-hydrogen) atoms. The first-order valence-corrected chi connectivity index (χ1v) is 5.92.